The number of aromatic amines is 1. The van der Waals surface area contributed by atoms with E-state index < -0.39 is 0 Å². The number of H-pyrrole nitrogens is 1. The lowest BCUT2D eigenvalue weighted by Crippen LogP contribution is -2.10. The lowest BCUT2D eigenvalue weighted by atomic mass is 10.1. The summed E-state index contributed by atoms with van der Waals surface area (Å²) in [5.74, 6) is 1.75. The van der Waals surface area contributed by atoms with Gasteiger partial charge in [-0.15, -0.1) is 0 Å². The first-order chi connectivity index (χ1) is 9.24. The Bertz CT molecular complexity index is 661. The summed E-state index contributed by atoms with van der Waals surface area (Å²) in [4.78, 5) is 18.4. The van der Waals surface area contributed by atoms with Crippen LogP contribution in [-0.4, -0.2) is 9.97 Å². The Balaban J connectivity index is 1.89. The fraction of sp³-hybridized carbons (Fsp3) is 0.333. The molecule has 0 unspecified atom stereocenters. The molecule has 0 bridgehead atoms. The Morgan fingerprint density at radius 1 is 1.26 bits per heavy atom. The Hall–Kier alpha value is -2.10. The summed E-state index contributed by atoms with van der Waals surface area (Å²) in [7, 11) is 0. The molecule has 1 aromatic carbocycles. The van der Waals surface area contributed by atoms with Crippen LogP contribution in [0.5, 0.6) is 11.6 Å². The largest absolute Gasteiger partial charge is 0.439 e. The highest BCUT2D eigenvalue weighted by atomic mass is 16.5. The molecule has 2 aromatic rings. The van der Waals surface area contributed by atoms with Gasteiger partial charge in [-0.3, -0.25) is 4.79 Å². The maximum atomic E-state index is 11.5. The summed E-state index contributed by atoms with van der Waals surface area (Å²) in [6, 6.07) is 7.48. The van der Waals surface area contributed by atoms with Gasteiger partial charge >= 0.3 is 0 Å². The predicted molar refractivity (Wildman–Crippen MR) is 72.8 cm³/mol. The number of ether oxygens (including phenoxy) is 1. The molecule has 0 aliphatic heterocycles. The van der Waals surface area contributed by atoms with E-state index in [4.69, 9.17) is 4.74 Å². The van der Waals surface area contributed by atoms with Crippen molar-refractivity contribution in [3.63, 3.8) is 0 Å². The molecule has 1 N–H and O–H groups in total. The molecule has 1 aliphatic rings. The lowest BCUT2D eigenvalue weighted by molar-refractivity contribution is 0.457. The second kappa shape index (κ2) is 4.88. The molecule has 0 spiro atoms. The van der Waals surface area contributed by atoms with Crippen molar-refractivity contribution in [2.24, 2.45) is 0 Å². The second-order valence-electron chi connectivity index (χ2n) is 4.77. The molecule has 1 aliphatic carbocycles. The van der Waals surface area contributed by atoms with Gasteiger partial charge < -0.3 is 9.72 Å². The standard InChI is InChI=1S/C15H16N2O2/c1-2-13-16-14(18)9-15(17-13)19-12-7-6-10-4-3-5-11(10)8-12/h6-9H,2-5H2,1H3,(H,16,17,18). The Morgan fingerprint density at radius 2 is 2.11 bits per heavy atom. The van der Waals surface area contributed by atoms with Crippen LogP contribution in [0, 0.1) is 0 Å². The maximum Gasteiger partial charge on any atom is 0.254 e. The molecular formula is C15H16N2O2. The van der Waals surface area contributed by atoms with Gasteiger partial charge in [0.05, 0.1) is 6.07 Å². The Labute approximate surface area is 111 Å². The van der Waals surface area contributed by atoms with Crippen molar-refractivity contribution in [2.75, 3.05) is 0 Å². The zero-order valence-electron chi connectivity index (χ0n) is 10.9. The molecular weight excluding hydrogens is 240 g/mol. The third kappa shape index (κ3) is 2.52. The van der Waals surface area contributed by atoms with Crippen molar-refractivity contribution < 1.29 is 4.74 Å². The number of aromatic nitrogens is 2. The SMILES string of the molecule is CCc1nc(Oc2ccc3c(c2)CCC3)cc(=O)[nH]1. The lowest BCUT2D eigenvalue weighted by Gasteiger charge is -2.07. The number of benzene rings is 1. The zero-order valence-corrected chi connectivity index (χ0v) is 10.9. The summed E-state index contributed by atoms with van der Waals surface area (Å²) >= 11 is 0. The van der Waals surface area contributed by atoms with Gasteiger partial charge in [0.2, 0.25) is 5.88 Å². The van der Waals surface area contributed by atoms with E-state index >= 15 is 0 Å². The van der Waals surface area contributed by atoms with Gasteiger partial charge in [-0.2, -0.15) is 4.98 Å². The molecule has 1 heterocycles. The molecule has 0 amide bonds. The van der Waals surface area contributed by atoms with Crippen LogP contribution in [0.3, 0.4) is 0 Å². The fourth-order valence-electron chi connectivity index (χ4n) is 2.44. The van der Waals surface area contributed by atoms with Gasteiger partial charge in [0.15, 0.2) is 0 Å². The minimum atomic E-state index is -0.178. The van der Waals surface area contributed by atoms with Crippen LogP contribution in [0.4, 0.5) is 0 Å². The molecule has 0 saturated heterocycles. The van der Waals surface area contributed by atoms with Crippen molar-refractivity contribution in [3.05, 3.63) is 51.6 Å². The number of hydrogen-bond acceptors (Lipinski definition) is 3. The topological polar surface area (TPSA) is 55.0 Å². The van der Waals surface area contributed by atoms with Gasteiger partial charge in [0, 0.05) is 6.42 Å². The molecule has 0 radical (unpaired) electrons. The van der Waals surface area contributed by atoms with Crippen molar-refractivity contribution in [1.29, 1.82) is 0 Å². The van der Waals surface area contributed by atoms with E-state index in [1.807, 2.05) is 13.0 Å². The van der Waals surface area contributed by atoms with Crippen molar-refractivity contribution in [2.45, 2.75) is 32.6 Å². The predicted octanol–water partition coefficient (Wildman–Crippen LogP) is 2.61. The highest BCUT2D eigenvalue weighted by Gasteiger charge is 2.12. The van der Waals surface area contributed by atoms with E-state index in [1.165, 1.54) is 23.6 Å². The molecule has 4 nitrogen and oxygen atoms in total. The monoisotopic (exact) mass is 256 g/mol. The first-order valence-corrected chi connectivity index (χ1v) is 6.64. The maximum absolute atomic E-state index is 11.5. The number of rotatable bonds is 3. The third-order valence-corrected chi connectivity index (χ3v) is 3.39. The average molecular weight is 256 g/mol. The van der Waals surface area contributed by atoms with Crippen LogP contribution >= 0.6 is 0 Å². The van der Waals surface area contributed by atoms with E-state index in [9.17, 15) is 4.79 Å². The minimum Gasteiger partial charge on any atom is -0.439 e. The molecule has 3 rings (SSSR count). The summed E-state index contributed by atoms with van der Waals surface area (Å²) in [5, 5.41) is 0. The average Bonchev–Trinajstić information content (AvgIpc) is 2.85. The van der Waals surface area contributed by atoms with Gasteiger partial charge in [0.25, 0.3) is 5.56 Å². The van der Waals surface area contributed by atoms with Crippen LogP contribution in [0.15, 0.2) is 29.1 Å². The molecule has 4 heteroatoms. The third-order valence-electron chi connectivity index (χ3n) is 3.39. The number of nitrogens with one attached hydrogen (secondary N) is 1. The summed E-state index contributed by atoms with van der Waals surface area (Å²) < 4.78 is 5.70. The van der Waals surface area contributed by atoms with Crippen LogP contribution < -0.4 is 10.3 Å². The zero-order chi connectivity index (χ0) is 13.2. The highest BCUT2D eigenvalue weighted by Crippen LogP contribution is 2.27. The number of hydrogen-bond donors (Lipinski definition) is 1. The van der Waals surface area contributed by atoms with Gasteiger partial charge in [-0.1, -0.05) is 13.0 Å². The van der Waals surface area contributed by atoms with E-state index in [2.05, 4.69) is 22.1 Å². The molecule has 0 saturated carbocycles. The highest BCUT2D eigenvalue weighted by molar-refractivity contribution is 5.39. The van der Waals surface area contributed by atoms with Crippen molar-refractivity contribution in [3.8, 4) is 11.6 Å². The molecule has 0 atom stereocenters. The molecule has 98 valence electrons. The quantitative estimate of drug-likeness (QED) is 0.918. The summed E-state index contributed by atoms with van der Waals surface area (Å²) in [6.07, 6.45) is 4.15. The van der Waals surface area contributed by atoms with Crippen LogP contribution in [0.1, 0.15) is 30.3 Å². The Kier molecular flexibility index (Phi) is 3.07. The van der Waals surface area contributed by atoms with E-state index in [0.29, 0.717) is 18.1 Å². The number of aryl methyl sites for hydroxylation is 3. The molecule has 19 heavy (non-hydrogen) atoms. The number of nitrogens with zero attached hydrogens (tertiary/aromatic N) is 1. The van der Waals surface area contributed by atoms with Crippen LogP contribution in [0.25, 0.3) is 0 Å². The van der Waals surface area contributed by atoms with Gasteiger partial charge in [0.1, 0.15) is 11.6 Å². The Morgan fingerprint density at radius 3 is 2.95 bits per heavy atom. The van der Waals surface area contributed by atoms with E-state index in [-0.39, 0.29) is 5.56 Å². The molecule has 1 aromatic heterocycles. The van der Waals surface area contributed by atoms with Gasteiger partial charge in [-0.05, 0) is 42.5 Å². The van der Waals surface area contributed by atoms with Crippen molar-refractivity contribution in [1.82, 2.24) is 9.97 Å². The first-order valence-electron chi connectivity index (χ1n) is 6.64. The van der Waals surface area contributed by atoms with Gasteiger partial charge in [-0.25, -0.2) is 0 Å². The smallest absolute Gasteiger partial charge is 0.254 e. The number of fused-ring (bicyclic) bond motifs is 1. The van der Waals surface area contributed by atoms with Crippen LogP contribution in [-0.2, 0) is 19.3 Å². The normalized spacial score (nSPS) is 13.3. The van der Waals surface area contributed by atoms with Crippen LogP contribution in [0.2, 0.25) is 0 Å². The van der Waals surface area contributed by atoms with E-state index in [0.717, 1.165) is 18.6 Å². The van der Waals surface area contributed by atoms with E-state index in [1.54, 1.807) is 0 Å². The fourth-order valence-corrected chi connectivity index (χ4v) is 2.44. The summed E-state index contributed by atoms with van der Waals surface area (Å²) in [5.41, 5.74) is 2.57. The van der Waals surface area contributed by atoms with Crippen molar-refractivity contribution >= 4 is 0 Å². The first kappa shape index (κ1) is 12.0. The second-order valence-corrected chi connectivity index (χ2v) is 4.77. The minimum absolute atomic E-state index is 0.178. The summed E-state index contributed by atoms with van der Waals surface area (Å²) in [6.45, 7) is 1.94. The molecule has 0 fully saturated rings.